The number of nitrogens with one attached hydrogen (secondary N) is 1. The van der Waals surface area contributed by atoms with Crippen LogP contribution in [0.25, 0.3) is 0 Å². The van der Waals surface area contributed by atoms with Crippen molar-refractivity contribution in [2.75, 3.05) is 32.7 Å². The van der Waals surface area contributed by atoms with E-state index in [4.69, 9.17) is 0 Å². The highest BCUT2D eigenvalue weighted by atomic mass is 32.1. The number of nitrogens with zero attached hydrogens (tertiary/aromatic N) is 2. The smallest absolute Gasteiger partial charge is 0.242 e. The number of carbonyl (C=O) groups excluding carboxylic acids is 2. The number of amides is 2. The van der Waals surface area contributed by atoms with Gasteiger partial charge in [-0.3, -0.25) is 9.59 Å². The Bertz CT molecular complexity index is 772. The number of piperazine rings is 1. The molecule has 1 N–H and O–H groups in total. The van der Waals surface area contributed by atoms with E-state index in [1.54, 1.807) is 4.90 Å². The molecule has 1 saturated heterocycles. The third-order valence-electron chi connectivity index (χ3n) is 4.35. The van der Waals surface area contributed by atoms with E-state index in [0.29, 0.717) is 31.7 Å². The van der Waals surface area contributed by atoms with Gasteiger partial charge in [-0.1, -0.05) is 6.07 Å². The van der Waals surface area contributed by atoms with Crippen molar-refractivity contribution in [1.82, 2.24) is 15.1 Å². The molecule has 27 heavy (non-hydrogen) atoms. The number of rotatable bonds is 6. The molecule has 1 aromatic carbocycles. The van der Waals surface area contributed by atoms with Crippen LogP contribution in [0.2, 0.25) is 0 Å². The quantitative estimate of drug-likeness (QED) is 0.817. The summed E-state index contributed by atoms with van der Waals surface area (Å²) in [6.07, 6.45) is 0.157. The normalized spacial score (nSPS) is 14.2. The second-order valence-electron chi connectivity index (χ2n) is 6.41. The summed E-state index contributed by atoms with van der Waals surface area (Å²) < 4.78 is 27.0. The molecule has 144 valence electrons. The van der Waals surface area contributed by atoms with Crippen molar-refractivity contribution < 1.29 is 18.4 Å². The summed E-state index contributed by atoms with van der Waals surface area (Å²) in [7, 11) is 0. The molecule has 3 rings (SSSR count). The zero-order valence-corrected chi connectivity index (χ0v) is 15.6. The average molecular weight is 393 g/mol. The number of hydrogen-bond acceptors (Lipinski definition) is 4. The fourth-order valence-electron chi connectivity index (χ4n) is 3.01. The first kappa shape index (κ1) is 19.4. The Morgan fingerprint density at radius 2 is 1.85 bits per heavy atom. The van der Waals surface area contributed by atoms with Crippen LogP contribution in [0.5, 0.6) is 0 Å². The molecule has 0 saturated carbocycles. The Balaban J connectivity index is 1.74. The van der Waals surface area contributed by atoms with Crippen LogP contribution < -0.4 is 5.32 Å². The van der Waals surface area contributed by atoms with E-state index in [1.807, 2.05) is 17.5 Å². The first-order valence-corrected chi connectivity index (χ1v) is 9.63. The molecular weight excluding hydrogens is 372 g/mol. The van der Waals surface area contributed by atoms with E-state index in [1.165, 1.54) is 28.4 Å². The van der Waals surface area contributed by atoms with Crippen LogP contribution in [-0.2, 0) is 22.6 Å². The topological polar surface area (TPSA) is 52.7 Å². The Kier molecular flexibility index (Phi) is 6.52. The molecule has 2 amide bonds. The molecule has 0 spiro atoms. The third kappa shape index (κ3) is 5.58. The Morgan fingerprint density at radius 1 is 1.15 bits per heavy atom. The van der Waals surface area contributed by atoms with Crippen LogP contribution in [0.4, 0.5) is 8.78 Å². The molecule has 0 aliphatic carbocycles. The van der Waals surface area contributed by atoms with Crippen LogP contribution in [0.3, 0.4) is 0 Å². The second-order valence-corrected chi connectivity index (χ2v) is 7.45. The summed E-state index contributed by atoms with van der Waals surface area (Å²) in [6, 6.07) is 6.85. The monoisotopic (exact) mass is 393 g/mol. The van der Waals surface area contributed by atoms with Crippen molar-refractivity contribution in [2.24, 2.45) is 0 Å². The van der Waals surface area contributed by atoms with Crippen molar-refractivity contribution in [3.63, 3.8) is 0 Å². The van der Waals surface area contributed by atoms with Gasteiger partial charge in [-0.05, 0) is 29.1 Å². The average Bonchev–Trinajstić information content (AvgIpc) is 3.14. The van der Waals surface area contributed by atoms with E-state index in [9.17, 15) is 18.4 Å². The molecule has 2 aromatic rings. The van der Waals surface area contributed by atoms with E-state index in [2.05, 4.69) is 5.32 Å². The van der Waals surface area contributed by atoms with Gasteiger partial charge in [0, 0.05) is 43.7 Å². The SMILES string of the molecule is O=C(CN(Cc1cc(F)cc(F)c1)C(=O)Cc1cccs1)N1CCNCC1. The fourth-order valence-corrected chi connectivity index (χ4v) is 3.70. The summed E-state index contributed by atoms with van der Waals surface area (Å²) in [6.45, 7) is 2.47. The molecule has 0 unspecified atom stereocenters. The minimum Gasteiger partial charge on any atom is -0.339 e. The molecule has 1 fully saturated rings. The van der Waals surface area contributed by atoms with Gasteiger partial charge in [0.25, 0.3) is 0 Å². The predicted molar refractivity (Wildman–Crippen MR) is 99.2 cm³/mol. The van der Waals surface area contributed by atoms with Gasteiger partial charge in [-0.15, -0.1) is 11.3 Å². The van der Waals surface area contributed by atoms with Gasteiger partial charge in [0.2, 0.25) is 11.8 Å². The van der Waals surface area contributed by atoms with Crippen molar-refractivity contribution in [2.45, 2.75) is 13.0 Å². The van der Waals surface area contributed by atoms with E-state index in [-0.39, 0.29) is 31.3 Å². The minimum atomic E-state index is -0.705. The highest BCUT2D eigenvalue weighted by molar-refractivity contribution is 7.10. The first-order valence-electron chi connectivity index (χ1n) is 8.75. The summed E-state index contributed by atoms with van der Waals surface area (Å²) in [5.74, 6) is -1.81. The van der Waals surface area contributed by atoms with Gasteiger partial charge in [0.15, 0.2) is 0 Å². The molecule has 0 radical (unpaired) electrons. The lowest BCUT2D eigenvalue weighted by molar-refractivity contribution is -0.141. The lowest BCUT2D eigenvalue weighted by Gasteiger charge is -2.30. The number of hydrogen-bond donors (Lipinski definition) is 1. The Hall–Kier alpha value is -2.32. The lowest BCUT2D eigenvalue weighted by Crippen LogP contribution is -2.50. The van der Waals surface area contributed by atoms with Crippen LogP contribution in [0, 0.1) is 11.6 Å². The van der Waals surface area contributed by atoms with Crippen LogP contribution in [0.15, 0.2) is 35.7 Å². The number of carbonyl (C=O) groups is 2. The van der Waals surface area contributed by atoms with Crippen LogP contribution in [-0.4, -0.2) is 54.3 Å². The van der Waals surface area contributed by atoms with Crippen molar-refractivity contribution in [3.8, 4) is 0 Å². The largest absolute Gasteiger partial charge is 0.339 e. The summed E-state index contributed by atoms with van der Waals surface area (Å²) in [5.41, 5.74) is 0.320. The van der Waals surface area contributed by atoms with Gasteiger partial charge in [0.1, 0.15) is 18.2 Å². The van der Waals surface area contributed by atoms with Gasteiger partial charge in [0.05, 0.1) is 6.42 Å². The van der Waals surface area contributed by atoms with Gasteiger partial charge >= 0.3 is 0 Å². The maximum Gasteiger partial charge on any atom is 0.242 e. The van der Waals surface area contributed by atoms with Crippen LogP contribution in [0.1, 0.15) is 10.4 Å². The standard InChI is InChI=1S/C19H21F2N3O2S/c20-15-8-14(9-16(21)10-15)12-24(18(25)11-17-2-1-7-27-17)13-19(26)23-5-3-22-4-6-23/h1-2,7-10,22H,3-6,11-13H2. The molecule has 1 aliphatic rings. The molecule has 2 heterocycles. The van der Waals surface area contributed by atoms with E-state index < -0.39 is 11.6 Å². The molecule has 1 aromatic heterocycles. The number of thiophene rings is 1. The summed E-state index contributed by atoms with van der Waals surface area (Å²) in [5, 5.41) is 5.05. The first-order chi connectivity index (χ1) is 13.0. The third-order valence-corrected chi connectivity index (χ3v) is 5.23. The van der Waals surface area contributed by atoms with Gasteiger partial charge in [-0.25, -0.2) is 8.78 Å². The molecule has 0 atom stereocenters. The zero-order valence-electron chi connectivity index (χ0n) is 14.8. The van der Waals surface area contributed by atoms with Crippen LogP contribution >= 0.6 is 11.3 Å². The highest BCUT2D eigenvalue weighted by Crippen LogP contribution is 2.15. The van der Waals surface area contributed by atoms with E-state index in [0.717, 1.165) is 10.9 Å². The van der Waals surface area contributed by atoms with Crippen molar-refractivity contribution >= 4 is 23.2 Å². The van der Waals surface area contributed by atoms with Crippen molar-refractivity contribution in [3.05, 3.63) is 57.8 Å². The predicted octanol–water partition coefficient (Wildman–Crippen LogP) is 2.03. The van der Waals surface area contributed by atoms with Gasteiger partial charge in [-0.2, -0.15) is 0 Å². The maximum atomic E-state index is 13.5. The molecule has 5 nitrogen and oxygen atoms in total. The number of halogens is 2. The fraction of sp³-hybridized carbons (Fsp3) is 0.368. The van der Waals surface area contributed by atoms with Crippen molar-refractivity contribution in [1.29, 1.82) is 0 Å². The molecule has 1 aliphatic heterocycles. The Morgan fingerprint density at radius 3 is 2.48 bits per heavy atom. The number of benzene rings is 1. The molecule has 8 heteroatoms. The second kappa shape index (κ2) is 9.05. The minimum absolute atomic E-state index is 0.0171. The maximum absolute atomic E-state index is 13.5. The zero-order chi connectivity index (χ0) is 19.2. The Labute approximate surface area is 160 Å². The highest BCUT2D eigenvalue weighted by Gasteiger charge is 2.23. The van der Waals surface area contributed by atoms with Gasteiger partial charge < -0.3 is 15.1 Å². The summed E-state index contributed by atoms with van der Waals surface area (Å²) >= 11 is 1.46. The molecular formula is C19H21F2N3O2S. The lowest BCUT2D eigenvalue weighted by atomic mass is 10.2. The molecule has 0 bridgehead atoms. The van der Waals surface area contributed by atoms with E-state index >= 15 is 0 Å². The summed E-state index contributed by atoms with van der Waals surface area (Å²) in [4.78, 5) is 29.3.